The summed E-state index contributed by atoms with van der Waals surface area (Å²) in [5.74, 6) is 0.306. The molecule has 15 heteroatoms. The van der Waals surface area contributed by atoms with Crippen molar-refractivity contribution in [3.63, 3.8) is 0 Å². The molecule has 1 saturated heterocycles. The van der Waals surface area contributed by atoms with Crippen molar-refractivity contribution in [3.8, 4) is 5.75 Å². The van der Waals surface area contributed by atoms with Crippen LogP contribution in [0.25, 0.3) is 22.3 Å². The molecule has 48 heavy (non-hydrogen) atoms. The first kappa shape index (κ1) is 36.2. The van der Waals surface area contributed by atoms with Crippen molar-refractivity contribution in [2.45, 2.75) is 71.4 Å². The molecule has 1 unspecified atom stereocenters. The summed E-state index contributed by atoms with van der Waals surface area (Å²) in [5, 5.41) is 19.7. The molecule has 1 amide bonds. The van der Waals surface area contributed by atoms with Crippen molar-refractivity contribution in [1.82, 2.24) is 34.4 Å². The number of aromatic nitrogens is 6. The number of pyridine rings is 1. The van der Waals surface area contributed by atoms with Crippen LogP contribution in [0.4, 0.5) is 5.69 Å². The number of hydroxylamine groups is 1. The Labute approximate surface area is 303 Å². The summed E-state index contributed by atoms with van der Waals surface area (Å²) >= 11 is 0. The number of aryl methyl sites for hydroxylation is 2. The molecular formula is C33H44N9O5U-. The monoisotopic (exact) mass is 884 g/mol. The Morgan fingerprint density at radius 2 is 2.00 bits per heavy atom. The van der Waals surface area contributed by atoms with E-state index < -0.39 is 0 Å². The molecule has 0 radical (unpaired) electrons. The van der Waals surface area contributed by atoms with Gasteiger partial charge in [0.15, 0.2) is 22.6 Å². The maximum absolute atomic E-state index is 13.9. The maximum atomic E-state index is 13.9. The van der Waals surface area contributed by atoms with Gasteiger partial charge in [-0.05, 0) is 57.4 Å². The molecule has 14 nitrogen and oxygen atoms in total. The SMILES string of the molecule is C=C(CC[N-]OC)C1CC1.CCC1CN(c2c3n(c4nn(C5=CCOCC5)nc4c2=O)CCC3)CCN1C(=O)c1ncnc(C)c1O.[U]. The van der Waals surface area contributed by atoms with Crippen LogP contribution < -0.4 is 10.3 Å². The van der Waals surface area contributed by atoms with Crippen LogP contribution in [-0.4, -0.2) is 98.0 Å². The minimum absolute atomic E-state index is 0. The van der Waals surface area contributed by atoms with E-state index in [9.17, 15) is 14.7 Å². The van der Waals surface area contributed by atoms with Gasteiger partial charge >= 0.3 is 0 Å². The zero-order valence-electron chi connectivity index (χ0n) is 28.0. The molecule has 256 valence electrons. The Balaban J connectivity index is 0.000000354. The number of ether oxygens (including phenoxy) is 1. The summed E-state index contributed by atoms with van der Waals surface area (Å²) in [5.41, 5.74) is 8.99. The standard InChI is InChI=1S/C25H30N8O4.C8H14NO.U/c1-3-16-13-30(9-10-31(16)25(36)20-22(34)15(2)26-14-27-20)21-18-5-4-8-32(18)24-19(23(21)35)28-33(29-24)17-6-11-37-12-7-17;1-7(8-3-4-8)5-6-9-10-2;/h6,14,16,34H,3-5,7-13H2,1-2H3;8H,1,3-6H2,2H3;/q;-1;. The van der Waals surface area contributed by atoms with Gasteiger partial charge in [0, 0.05) is 82.6 Å². The van der Waals surface area contributed by atoms with Gasteiger partial charge in [-0.15, -0.1) is 16.7 Å². The summed E-state index contributed by atoms with van der Waals surface area (Å²) < 4.78 is 7.54. The average Bonchev–Trinajstić information content (AvgIpc) is 3.67. The minimum Gasteiger partial charge on any atom is -0.534 e. The number of aromatic hydroxyl groups is 1. The van der Waals surface area contributed by atoms with Gasteiger partial charge in [0.1, 0.15) is 12.0 Å². The second-order valence-corrected chi connectivity index (χ2v) is 12.4. The van der Waals surface area contributed by atoms with Crippen molar-refractivity contribution >= 4 is 28.5 Å². The van der Waals surface area contributed by atoms with E-state index in [2.05, 4.69) is 41.4 Å². The molecule has 6 heterocycles. The molecule has 1 N–H and O–H groups in total. The van der Waals surface area contributed by atoms with E-state index in [1.807, 2.05) is 13.0 Å². The van der Waals surface area contributed by atoms with E-state index in [1.54, 1.807) is 23.7 Å². The predicted molar refractivity (Wildman–Crippen MR) is 177 cm³/mol. The zero-order chi connectivity index (χ0) is 33.1. The minimum atomic E-state index is -0.320. The summed E-state index contributed by atoms with van der Waals surface area (Å²) in [6.07, 6.45) is 10.1. The number of nitrogens with zero attached hydrogens (tertiary/aromatic N) is 9. The molecule has 0 spiro atoms. The van der Waals surface area contributed by atoms with Crippen LogP contribution in [0.1, 0.15) is 67.3 Å². The topological polar surface area (TPSA) is 155 Å². The fraction of sp³-hybridized carbons (Fsp3) is 0.576. The van der Waals surface area contributed by atoms with E-state index in [1.165, 1.54) is 24.7 Å². The number of hydrogen-bond acceptors (Lipinski definition) is 10. The van der Waals surface area contributed by atoms with Crippen LogP contribution in [0, 0.1) is 44.0 Å². The Morgan fingerprint density at radius 1 is 1.19 bits per heavy atom. The third kappa shape index (κ3) is 7.55. The normalized spacial score (nSPS) is 18.9. The van der Waals surface area contributed by atoms with E-state index in [0.717, 1.165) is 49.7 Å². The Bertz CT molecular complexity index is 1730. The fourth-order valence-corrected chi connectivity index (χ4v) is 6.59. The Hall–Kier alpha value is -3.09. The van der Waals surface area contributed by atoms with E-state index in [-0.39, 0.29) is 59.9 Å². The summed E-state index contributed by atoms with van der Waals surface area (Å²) in [6.45, 7) is 11.7. The number of amides is 1. The second-order valence-electron chi connectivity index (χ2n) is 12.4. The van der Waals surface area contributed by atoms with Crippen LogP contribution in [-0.2, 0) is 22.5 Å². The molecule has 4 aliphatic rings. The number of carbonyl (C=O) groups is 1. The first-order valence-corrected chi connectivity index (χ1v) is 16.6. The molecule has 7 rings (SSSR count). The molecule has 0 bridgehead atoms. The number of fused-ring (bicyclic) bond motifs is 3. The zero-order valence-corrected chi connectivity index (χ0v) is 32.2. The molecule has 3 aromatic heterocycles. The van der Waals surface area contributed by atoms with Crippen LogP contribution >= 0.6 is 0 Å². The first-order valence-electron chi connectivity index (χ1n) is 16.6. The van der Waals surface area contributed by atoms with E-state index in [0.29, 0.717) is 68.2 Å². The van der Waals surface area contributed by atoms with Crippen LogP contribution in [0.2, 0.25) is 0 Å². The number of piperazine rings is 1. The molecule has 1 aliphatic carbocycles. The molecule has 1 saturated carbocycles. The molecule has 1 atom stereocenters. The van der Waals surface area contributed by atoms with Crippen molar-refractivity contribution in [3.05, 3.63) is 57.3 Å². The van der Waals surface area contributed by atoms with Crippen molar-refractivity contribution in [2.75, 3.05) is 51.4 Å². The fourth-order valence-electron chi connectivity index (χ4n) is 6.59. The number of rotatable bonds is 9. The van der Waals surface area contributed by atoms with Gasteiger partial charge in [0.2, 0.25) is 5.43 Å². The van der Waals surface area contributed by atoms with E-state index in [4.69, 9.17) is 9.84 Å². The maximum Gasteiger partial charge on any atom is 0.276 e. The van der Waals surface area contributed by atoms with Gasteiger partial charge in [-0.25, -0.2) is 9.97 Å². The molecular weight excluding hydrogens is 840 g/mol. The quantitative estimate of drug-likeness (QED) is 0.192. The molecule has 0 aromatic carbocycles. The largest absolute Gasteiger partial charge is 0.534 e. The van der Waals surface area contributed by atoms with Crippen LogP contribution in [0.5, 0.6) is 5.75 Å². The van der Waals surface area contributed by atoms with Crippen molar-refractivity contribution in [2.24, 2.45) is 5.92 Å². The van der Waals surface area contributed by atoms with Crippen molar-refractivity contribution < 1.29 is 50.6 Å². The Kier molecular flexibility index (Phi) is 12.1. The van der Waals surface area contributed by atoms with Gasteiger partial charge in [0.25, 0.3) is 5.91 Å². The van der Waals surface area contributed by atoms with Gasteiger partial charge in [-0.1, -0.05) is 19.1 Å². The number of hydrogen-bond donors (Lipinski definition) is 1. The summed E-state index contributed by atoms with van der Waals surface area (Å²) in [6, 6.07) is -0.142. The second kappa shape index (κ2) is 16.1. The van der Waals surface area contributed by atoms with E-state index >= 15 is 0 Å². The molecule has 2 fully saturated rings. The summed E-state index contributed by atoms with van der Waals surface area (Å²) in [7, 11) is 1.58. The molecule has 3 aromatic rings. The predicted octanol–water partition coefficient (Wildman–Crippen LogP) is 3.62. The Morgan fingerprint density at radius 3 is 2.71 bits per heavy atom. The average molecular weight is 885 g/mol. The van der Waals surface area contributed by atoms with Gasteiger partial charge in [-0.2, -0.15) is 4.80 Å². The smallest absolute Gasteiger partial charge is 0.276 e. The first-order chi connectivity index (χ1) is 22.8. The third-order valence-corrected chi connectivity index (χ3v) is 9.42. The van der Waals surface area contributed by atoms with Gasteiger partial charge in [-0.3, -0.25) is 9.59 Å². The van der Waals surface area contributed by atoms with Crippen molar-refractivity contribution in [1.29, 1.82) is 0 Å². The summed E-state index contributed by atoms with van der Waals surface area (Å²) in [4.78, 5) is 45.2. The number of carbonyl (C=O) groups excluding carboxylic acids is 1. The van der Waals surface area contributed by atoms with Gasteiger partial charge < -0.3 is 34.5 Å². The number of anilines is 1. The molecule has 3 aliphatic heterocycles. The van der Waals surface area contributed by atoms with Crippen LogP contribution in [0.3, 0.4) is 0 Å². The van der Waals surface area contributed by atoms with Crippen LogP contribution in [0.15, 0.2) is 29.3 Å². The third-order valence-electron chi connectivity index (χ3n) is 9.42. The van der Waals surface area contributed by atoms with Gasteiger partial charge in [0.05, 0.1) is 24.6 Å².